The van der Waals surface area contributed by atoms with Gasteiger partial charge in [0.1, 0.15) is 0 Å². The zero-order valence-corrected chi connectivity index (χ0v) is 11.9. The van der Waals surface area contributed by atoms with Gasteiger partial charge < -0.3 is 21.1 Å². The van der Waals surface area contributed by atoms with Crippen LogP contribution >= 0.6 is 0 Å². The van der Waals surface area contributed by atoms with Crippen LogP contribution in [0.5, 0.6) is 0 Å². The van der Waals surface area contributed by atoms with Crippen molar-refractivity contribution in [1.29, 1.82) is 0 Å². The van der Waals surface area contributed by atoms with Gasteiger partial charge >= 0.3 is 0 Å². The van der Waals surface area contributed by atoms with Crippen molar-refractivity contribution >= 4 is 11.8 Å². The molecule has 4 N–H and O–H groups in total. The lowest BCUT2D eigenvalue weighted by Gasteiger charge is -2.26. The van der Waals surface area contributed by atoms with Crippen molar-refractivity contribution in [1.82, 2.24) is 10.2 Å². The van der Waals surface area contributed by atoms with Crippen LogP contribution in [0.25, 0.3) is 0 Å². The Morgan fingerprint density at radius 1 is 1.39 bits per heavy atom. The van der Waals surface area contributed by atoms with Crippen LogP contribution in [0.1, 0.15) is 27.7 Å². The molecule has 0 aliphatic heterocycles. The maximum absolute atomic E-state index is 11.7. The minimum atomic E-state index is -0.956. The molecular formula is C12H25N3O3. The number of nitrogens with zero attached hydrogens (tertiary/aromatic N) is 1. The predicted octanol–water partition coefficient (Wildman–Crippen LogP) is -0.685. The molecule has 0 aromatic heterocycles. The second-order valence-electron chi connectivity index (χ2n) is 5.55. The SMILES string of the molecule is CC(C)[C@H](N)C(=O)NCC(=O)N(C)CC(C)(C)O. The summed E-state index contributed by atoms with van der Waals surface area (Å²) in [5.41, 5.74) is 4.69. The Morgan fingerprint density at radius 3 is 2.28 bits per heavy atom. The van der Waals surface area contributed by atoms with E-state index in [2.05, 4.69) is 5.32 Å². The molecule has 18 heavy (non-hydrogen) atoms. The van der Waals surface area contributed by atoms with Gasteiger partial charge in [0.2, 0.25) is 11.8 Å². The molecule has 106 valence electrons. The zero-order valence-electron chi connectivity index (χ0n) is 11.9. The van der Waals surface area contributed by atoms with Gasteiger partial charge in [-0.15, -0.1) is 0 Å². The minimum Gasteiger partial charge on any atom is -0.389 e. The second kappa shape index (κ2) is 6.70. The molecule has 0 heterocycles. The number of hydrogen-bond acceptors (Lipinski definition) is 4. The van der Waals surface area contributed by atoms with E-state index in [4.69, 9.17) is 5.73 Å². The van der Waals surface area contributed by atoms with Crippen molar-refractivity contribution in [3.63, 3.8) is 0 Å². The normalized spacial score (nSPS) is 13.3. The number of carbonyl (C=O) groups is 2. The minimum absolute atomic E-state index is 0.0224. The first-order chi connectivity index (χ1) is 8.04. The van der Waals surface area contributed by atoms with Gasteiger partial charge in [0.25, 0.3) is 0 Å². The molecule has 0 rings (SSSR count). The van der Waals surface area contributed by atoms with Gasteiger partial charge in [-0.25, -0.2) is 0 Å². The van der Waals surface area contributed by atoms with Gasteiger partial charge in [0.05, 0.1) is 18.2 Å². The number of aliphatic hydroxyl groups is 1. The third kappa shape index (κ3) is 6.56. The van der Waals surface area contributed by atoms with Crippen molar-refractivity contribution in [2.75, 3.05) is 20.1 Å². The molecule has 0 fully saturated rings. The van der Waals surface area contributed by atoms with Crippen molar-refractivity contribution in [3.05, 3.63) is 0 Å². The number of carbonyl (C=O) groups excluding carboxylic acids is 2. The molecule has 2 amide bonds. The van der Waals surface area contributed by atoms with Gasteiger partial charge in [-0.1, -0.05) is 13.8 Å². The van der Waals surface area contributed by atoms with E-state index in [9.17, 15) is 14.7 Å². The number of likely N-dealkylation sites (N-methyl/N-ethyl adjacent to an activating group) is 1. The molecule has 0 spiro atoms. The molecule has 0 aliphatic carbocycles. The molecule has 0 aromatic rings. The summed E-state index contributed by atoms with van der Waals surface area (Å²) in [6, 6.07) is -0.614. The standard InChI is InChI=1S/C12H25N3O3/c1-8(2)10(13)11(17)14-6-9(16)15(5)7-12(3,4)18/h8,10,18H,6-7,13H2,1-5H3,(H,14,17)/t10-/m0/s1. The summed E-state index contributed by atoms with van der Waals surface area (Å²) in [4.78, 5) is 24.6. The first kappa shape index (κ1) is 16.9. The van der Waals surface area contributed by atoms with E-state index >= 15 is 0 Å². The Morgan fingerprint density at radius 2 is 1.89 bits per heavy atom. The Bertz CT molecular complexity index is 297. The Kier molecular flexibility index (Phi) is 6.28. The molecule has 1 atom stereocenters. The lowest BCUT2D eigenvalue weighted by Crippen LogP contribution is -2.49. The highest BCUT2D eigenvalue weighted by molar-refractivity contribution is 5.87. The third-order valence-electron chi connectivity index (χ3n) is 2.48. The summed E-state index contributed by atoms with van der Waals surface area (Å²) >= 11 is 0. The highest BCUT2D eigenvalue weighted by Crippen LogP contribution is 2.03. The molecule has 0 unspecified atom stereocenters. The topological polar surface area (TPSA) is 95.7 Å². The van der Waals surface area contributed by atoms with Crippen LogP contribution in [0.15, 0.2) is 0 Å². The summed E-state index contributed by atoms with van der Waals surface area (Å²) in [5, 5.41) is 12.1. The van der Waals surface area contributed by atoms with Gasteiger partial charge in [0, 0.05) is 13.6 Å². The van der Waals surface area contributed by atoms with E-state index < -0.39 is 11.6 Å². The molecular weight excluding hydrogens is 234 g/mol. The van der Waals surface area contributed by atoms with Gasteiger partial charge in [-0.05, 0) is 19.8 Å². The van der Waals surface area contributed by atoms with Crippen LogP contribution in [0.4, 0.5) is 0 Å². The van der Waals surface area contributed by atoms with E-state index in [1.54, 1.807) is 20.9 Å². The molecule has 6 heteroatoms. The smallest absolute Gasteiger partial charge is 0.241 e. The fourth-order valence-corrected chi connectivity index (χ4v) is 1.39. The Labute approximate surface area is 109 Å². The van der Waals surface area contributed by atoms with Crippen LogP contribution in [0.3, 0.4) is 0 Å². The summed E-state index contributed by atoms with van der Waals surface area (Å²) in [5.74, 6) is -0.578. The fourth-order valence-electron chi connectivity index (χ4n) is 1.39. The van der Waals surface area contributed by atoms with E-state index in [0.29, 0.717) is 0 Å². The summed E-state index contributed by atoms with van der Waals surface area (Å²) in [7, 11) is 1.58. The van der Waals surface area contributed by atoms with E-state index in [1.165, 1.54) is 4.90 Å². The molecule has 0 radical (unpaired) electrons. The molecule has 0 saturated heterocycles. The summed E-state index contributed by atoms with van der Waals surface area (Å²) < 4.78 is 0. The van der Waals surface area contributed by atoms with Crippen LogP contribution < -0.4 is 11.1 Å². The van der Waals surface area contributed by atoms with Crippen molar-refractivity contribution in [2.45, 2.75) is 39.3 Å². The number of nitrogens with one attached hydrogen (secondary N) is 1. The maximum atomic E-state index is 11.7. The number of rotatable bonds is 6. The number of nitrogens with two attached hydrogens (primary N) is 1. The fraction of sp³-hybridized carbons (Fsp3) is 0.833. The lowest BCUT2D eigenvalue weighted by molar-refractivity contribution is -0.134. The van der Waals surface area contributed by atoms with Gasteiger partial charge in [-0.3, -0.25) is 9.59 Å². The number of hydrogen-bond donors (Lipinski definition) is 3. The van der Waals surface area contributed by atoms with Gasteiger partial charge in [-0.2, -0.15) is 0 Å². The van der Waals surface area contributed by atoms with Crippen LogP contribution in [-0.4, -0.2) is 53.6 Å². The molecule has 0 aliphatic rings. The average Bonchev–Trinajstić information content (AvgIpc) is 2.21. The molecule has 0 saturated carbocycles. The maximum Gasteiger partial charge on any atom is 0.241 e. The zero-order chi connectivity index (χ0) is 14.5. The predicted molar refractivity (Wildman–Crippen MR) is 69.8 cm³/mol. The summed E-state index contributed by atoms with van der Waals surface area (Å²) in [6.45, 7) is 7.01. The molecule has 6 nitrogen and oxygen atoms in total. The van der Waals surface area contributed by atoms with Crippen molar-refractivity contribution < 1.29 is 14.7 Å². The second-order valence-corrected chi connectivity index (χ2v) is 5.55. The van der Waals surface area contributed by atoms with E-state index in [1.807, 2.05) is 13.8 Å². The van der Waals surface area contributed by atoms with Crippen molar-refractivity contribution in [2.24, 2.45) is 11.7 Å². The van der Waals surface area contributed by atoms with Crippen LogP contribution in [0.2, 0.25) is 0 Å². The third-order valence-corrected chi connectivity index (χ3v) is 2.48. The first-order valence-electron chi connectivity index (χ1n) is 6.04. The average molecular weight is 259 g/mol. The van der Waals surface area contributed by atoms with Crippen LogP contribution in [0, 0.1) is 5.92 Å². The monoisotopic (exact) mass is 259 g/mol. The van der Waals surface area contributed by atoms with E-state index in [0.717, 1.165) is 0 Å². The van der Waals surface area contributed by atoms with Crippen molar-refractivity contribution in [3.8, 4) is 0 Å². The Hall–Kier alpha value is -1.14. The number of amides is 2. The Balaban J connectivity index is 4.15. The highest BCUT2D eigenvalue weighted by atomic mass is 16.3. The lowest BCUT2D eigenvalue weighted by atomic mass is 10.1. The highest BCUT2D eigenvalue weighted by Gasteiger charge is 2.21. The van der Waals surface area contributed by atoms with Crippen LogP contribution in [-0.2, 0) is 9.59 Å². The summed E-state index contributed by atoms with van der Waals surface area (Å²) in [6.07, 6.45) is 0. The van der Waals surface area contributed by atoms with E-state index in [-0.39, 0.29) is 30.8 Å². The molecule has 0 bridgehead atoms. The van der Waals surface area contributed by atoms with Gasteiger partial charge in [0.15, 0.2) is 0 Å². The quantitative estimate of drug-likeness (QED) is 0.588. The first-order valence-corrected chi connectivity index (χ1v) is 6.04. The largest absolute Gasteiger partial charge is 0.389 e. The molecule has 0 aromatic carbocycles.